The van der Waals surface area contributed by atoms with Crippen LogP contribution >= 0.6 is 0 Å². The van der Waals surface area contributed by atoms with Gasteiger partial charge in [0, 0.05) is 25.7 Å². The van der Waals surface area contributed by atoms with Gasteiger partial charge in [0.15, 0.2) is 0 Å². The number of carbonyl (C=O) groups excluding carboxylic acids is 1. The average Bonchev–Trinajstić information content (AvgIpc) is 2.51. The maximum atomic E-state index is 12.2. The van der Waals surface area contributed by atoms with Crippen molar-refractivity contribution in [3.05, 3.63) is 29.8 Å². The molecule has 0 fully saturated rings. The first-order chi connectivity index (χ1) is 10.8. The number of benzene rings is 1. The Bertz CT molecular complexity index is 619. The maximum absolute atomic E-state index is 12.2. The molecule has 130 valence electrons. The summed E-state index contributed by atoms with van der Waals surface area (Å²) in [6.07, 6.45) is 1.63. The molecule has 0 radical (unpaired) electrons. The number of hydrogen-bond acceptors (Lipinski definition) is 4. The van der Waals surface area contributed by atoms with E-state index in [2.05, 4.69) is 10.0 Å². The highest BCUT2D eigenvalue weighted by molar-refractivity contribution is 7.88. The number of methoxy groups -OCH3 is 1. The molecule has 0 saturated carbocycles. The number of amides is 2. The lowest BCUT2D eigenvalue weighted by Gasteiger charge is -2.26. The summed E-state index contributed by atoms with van der Waals surface area (Å²) in [7, 11) is 0.122. The van der Waals surface area contributed by atoms with Gasteiger partial charge in [-0.15, -0.1) is 0 Å². The summed E-state index contributed by atoms with van der Waals surface area (Å²) in [5.74, 6) is 0.733. The lowest BCUT2D eigenvalue weighted by molar-refractivity contribution is 0.193. The first-order valence-electron chi connectivity index (χ1n) is 7.34. The molecule has 0 aliphatic carbocycles. The predicted octanol–water partition coefficient (Wildman–Crippen LogP) is 1.34. The van der Waals surface area contributed by atoms with Gasteiger partial charge in [-0.05, 0) is 19.4 Å². The van der Waals surface area contributed by atoms with E-state index in [0.29, 0.717) is 19.5 Å². The van der Waals surface area contributed by atoms with Crippen LogP contribution in [0.15, 0.2) is 24.3 Å². The van der Waals surface area contributed by atoms with Gasteiger partial charge in [0.25, 0.3) is 0 Å². The fourth-order valence-corrected chi connectivity index (χ4v) is 2.58. The summed E-state index contributed by atoms with van der Waals surface area (Å²) in [4.78, 5) is 13.7. The van der Waals surface area contributed by atoms with Crippen LogP contribution in [0.1, 0.15) is 24.9 Å². The number of nitrogens with one attached hydrogen (secondary N) is 2. The van der Waals surface area contributed by atoms with Crippen LogP contribution in [-0.2, 0) is 10.0 Å². The Morgan fingerprint density at radius 3 is 2.57 bits per heavy atom. The third-order valence-electron chi connectivity index (χ3n) is 3.48. The second-order valence-electron chi connectivity index (χ2n) is 5.28. The molecular weight excluding hydrogens is 318 g/mol. The number of carbonyl (C=O) groups is 1. The predicted molar refractivity (Wildman–Crippen MR) is 90.0 cm³/mol. The number of rotatable bonds is 8. The number of urea groups is 1. The number of hydrogen-bond donors (Lipinski definition) is 2. The van der Waals surface area contributed by atoms with Crippen molar-refractivity contribution in [1.29, 1.82) is 0 Å². The molecule has 0 aliphatic rings. The molecular formula is C15H25N3O4S. The Morgan fingerprint density at radius 2 is 1.96 bits per heavy atom. The molecule has 0 aliphatic heterocycles. The van der Waals surface area contributed by atoms with Gasteiger partial charge in [0.05, 0.1) is 19.4 Å². The van der Waals surface area contributed by atoms with E-state index < -0.39 is 10.0 Å². The highest BCUT2D eigenvalue weighted by Crippen LogP contribution is 2.27. The van der Waals surface area contributed by atoms with Crippen molar-refractivity contribution in [2.75, 3.05) is 33.5 Å². The Labute approximate surface area is 138 Å². The maximum Gasteiger partial charge on any atom is 0.317 e. The standard InChI is InChI=1S/C15H25N3O4S/c1-12(13-8-5-6-9-14(13)22-3)18(2)15(19)16-10-7-11-17-23(4,20)21/h5-6,8-9,12,17H,7,10-11H2,1-4H3,(H,16,19)/t12-/m0/s1. The van der Waals surface area contributed by atoms with Crippen LogP contribution in [0.2, 0.25) is 0 Å². The zero-order valence-electron chi connectivity index (χ0n) is 14.0. The lowest BCUT2D eigenvalue weighted by Crippen LogP contribution is -2.40. The van der Waals surface area contributed by atoms with Crippen LogP contribution in [0.4, 0.5) is 4.79 Å². The number of para-hydroxylation sites is 1. The normalized spacial score (nSPS) is 12.5. The summed E-state index contributed by atoms with van der Waals surface area (Å²) in [5, 5.41) is 2.77. The van der Waals surface area contributed by atoms with Crippen LogP contribution in [0.25, 0.3) is 0 Å². The molecule has 1 aromatic carbocycles. The van der Waals surface area contributed by atoms with Gasteiger partial charge in [-0.1, -0.05) is 18.2 Å². The van der Waals surface area contributed by atoms with Gasteiger partial charge in [-0.3, -0.25) is 0 Å². The van der Waals surface area contributed by atoms with E-state index >= 15 is 0 Å². The fourth-order valence-electron chi connectivity index (χ4n) is 2.06. The molecule has 0 unspecified atom stereocenters. The van der Waals surface area contributed by atoms with Crippen molar-refractivity contribution in [2.24, 2.45) is 0 Å². The summed E-state index contributed by atoms with van der Waals surface area (Å²) in [6, 6.07) is 7.18. The first-order valence-corrected chi connectivity index (χ1v) is 9.23. The van der Waals surface area contributed by atoms with E-state index in [1.165, 1.54) is 0 Å². The third kappa shape index (κ3) is 6.45. The SMILES string of the molecule is COc1ccccc1[C@H](C)N(C)C(=O)NCCCNS(C)(=O)=O. The minimum absolute atomic E-state index is 0.153. The molecule has 7 nitrogen and oxygen atoms in total. The van der Waals surface area contributed by atoms with Gasteiger partial charge < -0.3 is 15.0 Å². The number of sulfonamides is 1. The van der Waals surface area contributed by atoms with Crippen molar-refractivity contribution in [1.82, 2.24) is 14.9 Å². The van der Waals surface area contributed by atoms with E-state index in [4.69, 9.17) is 4.74 Å². The average molecular weight is 343 g/mol. The third-order valence-corrected chi connectivity index (χ3v) is 4.21. The van der Waals surface area contributed by atoms with E-state index in [1.807, 2.05) is 31.2 Å². The molecule has 0 bridgehead atoms. The summed E-state index contributed by atoms with van der Waals surface area (Å²) >= 11 is 0. The van der Waals surface area contributed by atoms with E-state index in [0.717, 1.165) is 17.6 Å². The van der Waals surface area contributed by atoms with Crippen molar-refractivity contribution in [3.8, 4) is 5.75 Å². The van der Waals surface area contributed by atoms with Crippen molar-refractivity contribution in [2.45, 2.75) is 19.4 Å². The second kappa shape index (κ2) is 8.73. The van der Waals surface area contributed by atoms with Crippen molar-refractivity contribution >= 4 is 16.1 Å². The zero-order chi connectivity index (χ0) is 17.5. The molecule has 1 rings (SSSR count). The van der Waals surface area contributed by atoms with Crippen LogP contribution in [-0.4, -0.2) is 52.9 Å². The van der Waals surface area contributed by atoms with Crippen LogP contribution in [0.5, 0.6) is 5.75 Å². The zero-order valence-corrected chi connectivity index (χ0v) is 14.8. The number of nitrogens with zero attached hydrogens (tertiary/aromatic N) is 1. The summed E-state index contributed by atoms with van der Waals surface area (Å²) in [5.41, 5.74) is 0.923. The van der Waals surface area contributed by atoms with Gasteiger partial charge in [0.1, 0.15) is 5.75 Å². The second-order valence-corrected chi connectivity index (χ2v) is 7.11. The highest BCUT2D eigenvalue weighted by Gasteiger charge is 2.19. The molecule has 0 heterocycles. The largest absolute Gasteiger partial charge is 0.496 e. The highest BCUT2D eigenvalue weighted by atomic mass is 32.2. The van der Waals surface area contributed by atoms with Gasteiger partial charge in [0.2, 0.25) is 10.0 Å². The van der Waals surface area contributed by atoms with Crippen LogP contribution in [0.3, 0.4) is 0 Å². The Morgan fingerprint density at radius 1 is 1.30 bits per heavy atom. The summed E-state index contributed by atoms with van der Waals surface area (Å²) < 4.78 is 29.5. The van der Waals surface area contributed by atoms with Crippen molar-refractivity contribution < 1.29 is 17.9 Å². The quantitative estimate of drug-likeness (QED) is 0.697. The smallest absolute Gasteiger partial charge is 0.317 e. The molecule has 1 aromatic rings. The monoisotopic (exact) mass is 343 g/mol. The molecule has 2 amide bonds. The van der Waals surface area contributed by atoms with Crippen LogP contribution in [0, 0.1) is 0 Å². The molecule has 2 N–H and O–H groups in total. The van der Waals surface area contributed by atoms with E-state index in [9.17, 15) is 13.2 Å². The minimum atomic E-state index is -3.19. The molecule has 0 saturated heterocycles. The molecule has 0 spiro atoms. The molecule has 1 atom stereocenters. The first kappa shape index (κ1) is 19.2. The Balaban J connectivity index is 2.49. The Kier molecular flexibility index (Phi) is 7.31. The lowest BCUT2D eigenvalue weighted by atomic mass is 10.1. The molecule has 8 heteroatoms. The molecule has 23 heavy (non-hydrogen) atoms. The van der Waals surface area contributed by atoms with Gasteiger partial charge in [-0.25, -0.2) is 17.9 Å². The minimum Gasteiger partial charge on any atom is -0.496 e. The number of ether oxygens (including phenoxy) is 1. The summed E-state index contributed by atoms with van der Waals surface area (Å²) in [6.45, 7) is 2.61. The van der Waals surface area contributed by atoms with Gasteiger partial charge in [-0.2, -0.15) is 0 Å². The molecule has 0 aromatic heterocycles. The van der Waals surface area contributed by atoms with E-state index in [1.54, 1.807) is 19.1 Å². The fraction of sp³-hybridized carbons (Fsp3) is 0.533. The Hall–Kier alpha value is -1.80. The van der Waals surface area contributed by atoms with Crippen molar-refractivity contribution in [3.63, 3.8) is 0 Å². The topological polar surface area (TPSA) is 87.7 Å². The van der Waals surface area contributed by atoms with E-state index in [-0.39, 0.29) is 12.1 Å². The van der Waals surface area contributed by atoms with Gasteiger partial charge >= 0.3 is 6.03 Å². The van der Waals surface area contributed by atoms with Crippen LogP contribution < -0.4 is 14.8 Å².